The monoisotopic (exact) mass is 177 g/mol. The van der Waals surface area contributed by atoms with E-state index in [4.69, 9.17) is 5.26 Å². The highest BCUT2D eigenvalue weighted by molar-refractivity contribution is 5.38. The van der Waals surface area contributed by atoms with Crippen molar-refractivity contribution in [3.8, 4) is 6.07 Å². The van der Waals surface area contributed by atoms with E-state index in [2.05, 4.69) is 22.9 Å². The standard InChI is InChI=1S/C10H15N3/c1-3-10(9(2)8-11)13-6-4-12-5-7-13/h3,12H,2,4-7H2,1H3/b10-3+. The average molecular weight is 177 g/mol. The number of allylic oxidation sites excluding steroid dienone is 2. The van der Waals surface area contributed by atoms with Crippen LogP contribution in [0.4, 0.5) is 0 Å². The zero-order chi connectivity index (χ0) is 9.68. The van der Waals surface area contributed by atoms with Crippen LogP contribution in [0.2, 0.25) is 0 Å². The van der Waals surface area contributed by atoms with Gasteiger partial charge in [-0.05, 0) is 6.92 Å². The van der Waals surface area contributed by atoms with Gasteiger partial charge in [0.25, 0.3) is 0 Å². The van der Waals surface area contributed by atoms with Crippen LogP contribution < -0.4 is 5.32 Å². The summed E-state index contributed by atoms with van der Waals surface area (Å²) in [5, 5.41) is 12.0. The molecule has 0 aromatic heterocycles. The number of nitrogens with one attached hydrogen (secondary N) is 1. The molecule has 1 aliphatic heterocycles. The van der Waals surface area contributed by atoms with Crippen LogP contribution >= 0.6 is 0 Å². The van der Waals surface area contributed by atoms with Gasteiger partial charge in [0.2, 0.25) is 0 Å². The lowest BCUT2D eigenvalue weighted by Gasteiger charge is -2.31. The van der Waals surface area contributed by atoms with Gasteiger partial charge in [0.05, 0.1) is 5.57 Å². The molecule has 70 valence electrons. The highest BCUT2D eigenvalue weighted by Gasteiger charge is 2.13. The van der Waals surface area contributed by atoms with Crippen LogP contribution in [-0.2, 0) is 0 Å². The maximum Gasteiger partial charge on any atom is 0.101 e. The molecule has 1 N–H and O–H groups in total. The van der Waals surface area contributed by atoms with E-state index < -0.39 is 0 Å². The minimum absolute atomic E-state index is 0.560. The Morgan fingerprint density at radius 3 is 2.62 bits per heavy atom. The van der Waals surface area contributed by atoms with E-state index in [-0.39, 0.29) is 0 Å². The first-order valence-electron chi connectivity index (χ1n) is 4.51. The van der Waals surface area contributed by atoms with E-state index in [1.165, 1.54) is 0 Å². The second-order valence-corrected chi connectivity index (χ2v) is 3.00. The number of nitrogens with zero attached hydrogens (tertiary/aromatic N) is 2. The molecule has 0 spiro atoms. The Kier molecular flexibility index (Phi) is 3.53. The normalized spacial score (nSPS) is 18.2. The molecule has 1 aliphatic rings. The molecule has 0 amide bonds. The van der Waals surface area contributed by atoms with Crippen molar-refractivity contribution in [1.82, 2.24) is 10.2 Å². The minimum atomic E-state index is 0.560. The van der Waals surface area contributed by atoms with Crippen molar-refractivity contribution in [2.24, 2.45) is 0 Å². The molecule has 3 heteroatoms. The number of rotatable bonds is 2. The van der Waals surface area contributed by atoms with E-state index >= 15 is 0 Å². The van der Waals surface area contributed by atoms with E-state index in [0.717, 1.165) is 31.9 Å². The molecule has 1 fully saturated rings. The van der Waals surface area contributed by atoms with Crippen LogP contribution in [0.15, 0.2) is 23.9 Å². The molecule has 0 bridgehead atoms. The van der Waals surface area contributed by atoms with E-state index in [1.54, 1.807) is 0 Å². The molecule has 0 aliphatic carbocycles. The van der Waals surface area contributed by atoms with Crippen molar-refractivity contribution in [3.63, 3.8) is 0 Å². The van der Waals surface area contributed by atoms with Gasteiger partial charge >= 0.3 is 0 Å². The topological polar surface area (TPSA) is 39.1 Å². The van der Waals surface area contributed by atoms with Gasteiger partial charge in [-0.15, -0.1) is 0 Å². The first-order valence-corrected chi connectivity index (χ1v) is 4.51. The maximum absolute atomic E-state index is 8.73. The molecule has 13 heavy (non-hydrogen) atoms. The molecular formula is C10H15N3. The van der Waals surface area contributed by atoms with Gasteiger partial charge in [-0.1, -0.05) is 12.7 Å². The molecular weight excluding hydrogens is 162 g/mol. The van der Waals surface area contributed by atoms with E-state index in [9.17, 15) is 0 Å². The Bertz CT molecular complexity index is 254. The smallest absolute Gasteiger partial charge is 0.101 e. The second-order valence-electron chi connectivity index (χ2n) is 3.00. The second kappa shape index (κ2) is 4.68. The molecule has 0 radical (unpaired) electrons. The Hall–Kier alpha value is -1.27. The Labute approximate surface area is 79.3 Å². The van der Waals surface area contributed by atoms with Crippen molar-refractivity contribution in [3.05, 3.63) is 23.9 Å². The molecule has 1 rings (SSSR count). The summed E-state index contributed by atoms with van der Waals surface area (Å²) in [6, 6.07) is 2.09. The van der Waals surface area contributed by atoms with Gasteiger partial charge in [-0.2, -0.15) is 5.26 Å². The van der Waals surface area contributed by atoms with Crippen LogP contribution in [0.1, 0.15) is 6.92 Å². The molecule has 0 aromatic carbocycles. The number of nitriles is 1. The fourth-order valence-electron chi connectivity index (χ4n) is 1.51. The van der Waals surface area contributed by atoms with Gasteiger partial charge in [-0.25, -0.2) is 0 Å². The van der Waals surface area contributed by atoms with Crippen LogP contribution in [-0.4, -0.2) is 31.1 Å². The lowest BCUT2D eigenvalue weighted by molar-refractivity contribution is 0.305. The van der Waals surface area contributed by atoms with Crippen LogP contribution in [0.5, 0.6) is 0 Å². The lowest BCUT2D eigenvalue weighted by atomic mass is 10.2. The third kappa shape index (κ3) is 2.33. The van der Waals surface area contributed by atoms with Gasteiger partial charge in [0.1, 0.15) is 6.07 Å². The highest BCUT2D eigenvalue weighted by Crippen LogP contribution is 2.13. The summed E-state index contributed by atoms with van der Waals surface area (Å²) in [6.45, 7) is 9.55. The number of piperazine rings is 1. The Morgan fingerprint density at radius 2 is 2.15 bits per heavy atom. The SMILES string of the molecule is C=C(C#N)/C(=C\C)N1CCNCC1. The lowest BCUT2D eigenvalue weighted by Crippen LogP contribution is -2.43. The molecule has 1 heterocycles. The fourth-order valence-corrected chi connectivity index (χ4v) is 1.51. The fraction of sp³-hybridized carbons (Fsp3) is 0.500. The predicted molar refractivity (Wildman–Crippen MR) is 53.0 cm³/mol. The van der Waals surface area contributed by atoms with Gasteiger partial charge < -0.3 is 10.2 Å². The summed E-state index contributed by atoms with van der Waals surface area (Å²) in [6.07, 6.45) is 1.96. The maximum atomic E-state index is 8.73. The third-order valence-corrected chi connectivity index (χ3v) is 2.18. The van der Waals surface area contributed by atoms with Crippen LogP contribution in [0.25, 0.3) is 0 Å². The zero-order valence-corrected chi connectivity index (χ0v) is 8.01. The van der Waals surface area contributed by atoms with Crippen molar-refractivity contribution in [2.75, 3.05) is 26.2 Å². The molecule has 0 atom stereocenters. The third-order valence-electron chi connectivity index (χ3n) is 2.18. The van der Waals surface area contributed by atoms with Crippen LogP contribution in [0, 0.1) is 11.3 Å². The molecule has 0 saturated carbocycles. The molecule has 3 nitrogen and oxygen atoms in total. The highest BCUT2D eigenvalue weighted by atomic mass is 15.2. The summed E-state index contributed by atoms with van der Waals surface area (Å²) in [4.78, 5) is 2.20. The summed E-state index contributed by atoms with van der Waals surface area (Å²) >= 11 is 0. The number of hydrogen-bond acceptors (Lipinski definition) is 3. The zero-order valence-electron chi connectivity index (χ0n) is 8.01. The summed E-state index contributed by atoms with van der Waals surface area (Å²) in [7, 11) is 0. The van der Waals surface area contributed by atoms with Crippen molar-refractivity contribution in [2.45, 2.75) is 6.92 Å². The van der Waals surface area contributed by atoms with Gasteiger partial charge in [0, 0.05) is 31.9 Å². The predicted octanol–water partition coefficient (Wildman–Crippen LogP) is 0.875. The molecule has 0 aromatic rings. The molecule has 0 unspecified atom stereocenters. The quantitative estimate of drug-likeness (QED) is 0.502. The van der Waals surface area contributed by atoms with Gasteiger partial charge in [-0.3, -0.25) is 0 Å². The van der Waals surface area contributed by atoms with Crippen LogP contribution in [0.3, 0.4) is 0 Å². The summed E-state index contributed by atoms with van der Waals surface area (Å²) < 4.78 is 0. The number of hydrogen-bond donors (Lipinski definition) is 1. The van der Waals surface area contributed by atoms with E-state index in [0.29, 0.717) is 5.57 Å². The van der Waals surface area contributed by atoms with Crippen molar-refractivity contribution >= 4 is 0 Å². The van der Waals surface area contributed by atoms with E-state index in [1.807, 2.05) is 13.0 Å². The van der Waals surface area contributed by atoms with Crippen molar-refractivity contribution < 1.29 is 0 Å². The minimum Gasteiger partial charge on any atom is -0.368 e. The first-order chi connectivity index (χ1) is 6.29. The summed E-state index contributed by atoms with van der Waals surface area (Å²) in [5.41, 5.74) is 1.54. The molecule has 1 saturated heterocycles. The summed E-state index contributed by atoms with van der Waals surface area (Å²) in [5.74, 6) is 0. The Morgan fingerprint density at radius 1 is 1.54 bits per heavy atom. The average Bonchev–Trinajstić information content (AvgIpc) is 2.20. The first kappa shape index (κ1) is 9.82. The largest absolute Gasteiger partial charge is 0.368 e. The van der Waals surface area contributed by atoms with Crippen molar-refractivity contribution in [1.29, 1.82) is 5.26 Å². The van der Waals surface area contributed by atoms with Gasteiger partial charge in [0.15, 0.2) is 0 Å². The Balaban J connectivity index is 2.67.